The monoisotopic (exact) mass is 461 g/mol. The molecule has 0 aliphatic carbocycles. The fourth-order valence-corrected chi connectivity index (χ4v) is 3.78. The van der Waals surface area contributed by atoms with Crippen LogP contribution in [0.3, 0.4) is 0 Å². The fourth-order valence-electron chi connectivity index (χ4n) is 3.03. The molecule has 0 bridgehead atoms. The number of benzene rings is 3. The highest BCUT2D eigenvalue weighted by Gasteiger charge is 2.17. The third kappa shape index (κ3) is 5.45. The van der Waals surface area contributed by atoms with E-state index >= 15 is 0 Å². The van der Waals surface area contributed by atoms with Gasteiger partial charge < -0.3 is 0 Å². The number of carbonyl (C=O) groups is 2. The maximum Gasteiger partial charge on any atom is 0.269 e. The van der Waals surface area contributed by atoms with Crippen LogP contribution in [0.4, 0.5) is 4.39 Å². The van der Waals surface area contributed by atoms with Gasteiger partial charge in [-0.05, 0) is 43.3 Å². The Morgan fingerprint density at radius 2 is 1.61 bits per heavy atom. The van der Waals surface area contributed by atoms with Gasteiger partial charge in [0.15, 0.2) is 11.0 Å². The molecular formula is C24H20FN5O2S. The molecule has 0 aliphatic heterocycles. The molecule has 1 aromatic heterocycles. The number of aromatic nitrogens is 3. The molecule has 7 nitrogen and oxygen atoms in total. The van der Waals surface area contributed by atoms with Gasteiger partial charge in [-0.1, -0.05) is 59.8 Å². The van der Waals surface area contributed by atoms with E-state index in [-0.39, 0.29) is 11.3 Å². The predicted octanol–water partition coefficient (Wildman–Crippen LogP) is 3.94. The molecule has 0 radical (unpaired) electrons. The van der Waals surface area contributed by atoms with Crippen LogP contribution in [0.2, 0.25) is 0 Å². The minimum Gasteiger partial charge on any atom is -0.272 e. The van der Waals surface area contributed by atoms with E-state index in [1.165, 1.54) is 36.0 Å². The Bertz CT molecular complexity index is 1260. The van der Waals surface area contributed by atoms with Gasteiger partial charge in [0.1, 0.15) is 5.82 Å². The molecule has 1 heterocycles. The lowest BCUT2D eigenvalue weighted by Gasteiger charge is -2.11. The SMILES string of the molecule is Cc1ccc(-n2c(SCC(=O)NNC(=O)c3ccc(F)cc3)nnc2-c2ccccc2)cc1. The highest BCUT2D eigenvalue weighted by molar-refractivity contribution is 7.99. The van der Waals surface area contributed by atoms with Gasteiger partial charge in [0, 0.05) is 16.8 Å². The van der Waals surface area contributed by atoms with Crippen molar-refractivity contribution in [2.24, 2.45) is 0 Å². The van der Waals surface area contributed by atoms with E-state index in [1.807, 2.05) is 66.1 Å². The zero-order chi connectivity index (χ0) is 23.2. The number of nitrogens with one attached hydrogen (secondary N) is 2. The smallest absolute Gasteiger partial charge is 0.269 e. The average molecular weight is 462 g/mol. The van der Waals surface area contributed by atoms with Crippen molar-refractivity contribution in [1.82, 2.24) is 25.6 Å². The van der Waals surface area contributed by atoms with Crippen LogP contribution >= 0.6 is 11.8 Å². The summed E-state index contributed by atoms with van der Waals surface area (Å²) < 4.78 is 14.9. The summed E-state index contributed by atoms with van der Waals surface area (Å²) in [4.78, 5) is 24.4. The molecule has 3 aromatic carbocycles. The maximum atomic E-state index is 13.0. The summed E-state index contributed by atoms with van der Waals surface area (Å²) in [5.74, 6) is -0.744. The number of nitrogens with zero attached hydrogens (tertiary/aromatic N) is 3. The van der Waals surface area contributed by atoms with Crippen molar-refractivity contribution in [2.45, 2.75) is 12.1 Å². The average Bonchev–Trinajstić information content (AvgIpc) is 3.26. The van der Waals surface area contributed by atoms with Gasteiger partial charge in [0.05, 0.1) is 5.75 Å². The summed E-state index contributed by atoms with van der Waals surface area (Å²) in [5, 5.41) is 9.17. The largest absolute Gasteiger partial charge is 0.272 e. The van der Waals surface area contributed by atoms with Gasteiger partial charge in [0.2, 0.25) is 5.91 Å². The van der Waals surface area contributed by atoms with Gasteiger partial charge in [-0.2, -0.15) is 0 Å². The summed E-state index contributed by atoms with van der Waals surface area (Å²) in [6.45, 7) is 2.01. The van der Waals surface area contributed by atoms with Crippen molar-refractivity contribution in [2.75, 3.05) is 5.75 Å². The molecule has 0 saturated carbocycles. The predicted molar refractivity (Wildman–Crippen MR) is 124 cm³/mol. The number of amides is 2. The molecule has 0 unspecified atom stereocenters. The van der Waals surface area contributed by atoms with E-state index < -0.39 is 17.6 Å². The first kappa shape index (κ1) is 22.2. The summed E-state index contributed by atoms with van der Waals surface area (Å²) >= 11 is 1.20. The second-order valence-electron chi connectivity index (χ2n) is 7.14. The molecule has 9 heteroatoms. The number of hydrogen-bond donors (Lipinski definition) is 2. The first-order chi connectivity index (χ1) is 16.0. The van der Waals surface area contributed by atoms with Crippen LogP contribution in [0.1, 0.15) is 15.9 Å². The molecule has 33 heavy (non-hydrogen) atoms. The number of hydrazine groups is 1. The lowest BCUT2D eigenvalue weighted by molar-refractivity contribution is -0.119. The van der Waals surface area contributed by atoms with E-state index in [0.717, 1.165) is 16.8 Å². The summed E-state index contributed by atoms with van der Waals surface area (Å²) in [6, 6.07) is 22.6. The second kappa shape index (κ2) is 10.1. The highest BCUT2D eigenvalue weighted by atomic mass is 32.2. The Balaban J connectivity index is 1.47. The molecule has 2 amide bonds. The minimum atomic E-state index is -0.539. The van der Waals surface area contributed by atoms with E-state index in [2.05, 4.69) is 21.0 Å². The maximum absolute atomic E-state index is 13.0. The Morgan fingerprint density at radius 1 is 0.909 bits per heavy atom. The first-order valence-electron chi connectivity index (χ1n) is 10.1. The topological polar surface area (TPSA) is 88.9 Å². The summed E-state index contributed by atoms with van der Waals surface area (Å²) in [7, 11) is 0. The van der Waals surface area contributed by atoms with E-state index in [9.17, 15) is 14.0 Å². The van der Waals surface area contributed by atoms with Gasteiger partial charge in [-0.15, -0.1) is 10.2 Å². The van der Waals surface area contributed by atoms with Crippen LogP contribution in [-0.2, 0) is 4.79 Å². The number of carbonyl (C=O) groups excluding carboxylic acids is 2. The zero-order valence-electron chi connectivity index (χ0n) is 17.7. The molecule has 2 N–H and O–H groups in total. The molecular weight excluding hydrogens is 441 g/mol. The highest BCUT2D eigenvalue weighted by Crippen LogP contribution is 2.28. The molecule has 0 fully saturated rings. The van der Waals surface area contributed by atoms with Crippen molar-refractivity contribution in [3.05, 3.63) is 95.8 Å². The standard InChI is InChI=1S/C24H20FN5O2S/c1-16-7-13-20(14-8-16)30-22(17-5-3-2-4-6-17)27-29-24(30)33-15-21(31)26-28-23(32)18-9-11-19(25)12-10-18/h2-14H,15H2,1H3,(H,26,31)(H,28,32). The van der Waals surface area contributed by atoms with Crippen molar-refractivity contribution in [3.8, 4) is 17.1 Å². The third-order valence-electron chi connectivity index (χ3n) is 4.71. The number of aryl methyl sites for hydroxylation is 1. The number of thioether (sulfide) groups is 1. The lowest BCUT2D eigenvalue weighted by atomic mass is 10.2. The fraction of sp³-hybridized carbons (Fsp3) is 0.0833. The quantitative estimate of drug-likeness (QED) is 0.335. The molecule has 0 aliphatic rings. The molecule has 0 atom stereocenters. The molecule has 4 aromatic rings. The van der Waals surface area contributed by atoms with Crippen LogP contribution in [0.25, 0.3) is 17.1 Å². The van der Waals surface area contributed by atoms with Crippen LogP contribution < -0.4 is 10.9 Å². The Labute approximate surface area is 194 Å². The Hall–Kier alpha value is -3.98. The molecule has 4 rings (SSSR count). The first-order valence-corrected chi connectivity index (χ1v) is 11.1. The van der Waals surface area contributed by atoms with Gasteiger partial charge in [-0.3, -0.25) is 25.0 Å². The van der Waals surface area contributed by atoms with Gasteiger partial charge in [0.25, 0.3) is 5.91 Å². The van der Waals surface area contributed by atoms with E-state index in [0.29, 0.717) is 11.0 Å². The molecule has 0 spiro atoms. The van der Waals surface area contributed by atoms with Crippen molar-refractivity contribution >= 4 is 23.6 Å². The van der Waals surface area contributed by atoms with Crippen LogP contribution in [0.15, 0.2) is 84.0 Å². The van der Waals surface area contributed by atoms with Crippen molar-refractivity contribution in [3.63, 3.8) is 0 Å². The lowest BCUT2D eigenvalue weighted by Crippen LogP contribution is -2.42. The van der Waals surface area contributed by atoms with E-state index in [4.69, 9.17) is 0 Å². The molecule has 0 saturated heterocycles. The minimum absolute atomic E-state index is 0.00246. The third-order valence-corrected chi connectivity index (χ3v) is 5.64. The van der Waals surface area contributed by atoms with Crippen LogP contribution in [0.5, 0.6) is 0 Å². The van der Waals surface area contributed by atoms with Gasteiger partial charge in [-0.25, -0.2) is 4.39 Å². The summed E-state index contributed by atoms with van der Waals surface area (Å²) in [5.41, 5.74) is 7.81. The van der Waals surface area contributed by atoms with Crippen molar-refractivity contribution in [1.29, 1.82) is 0 Å². The number of rotatable bonds is 6. The van der Waals surface area contributed by atoms with Gasteiger partial charge >= 0.3 is 0 Å². The zero-order valence-corrected chi connectivity index (χ0v) is 18.5. The normalized spacial score (nSPS) is 10.6. The van der Waals surface area contributed by atoms with Crippen LogP contribution in [-0.4, -0.2) is 32.3 Å². The Kier molecular flexibility index (Phi) is 6.80. The van der Waals surface area contributed by atoms with E-state index in [1.54, 1.807) is 0 Å². The Morgan fingerprint density at radius 3 is 2.30 bits per heavy atom. The summed E-state index contributed by atoms with van der Waals surface area (Å²) in [6.07, 6.45) is 0. The van der Waals surface area contributed by atoms with Crippen LogP contribution in [0, 0.1) is 12.7 Å². The second-order valence-corrected chi connectivity index (χ2v) is 8.08. The number of hydrogen-bond acceptors (Lipinski definition) is 5. The van der Waals surface area contributed by atoms with Crippen molar-refractivity contribution < 1.29 is 14.0 Å². The molecule has 166 valence electrons. The number of halogens is 1.